The quantitative estimate of drug-likeness (QED) is 0.886. The molecule has 1 aromatic rings. The van der Waals surface area contributed by atoms with Gasteiger partial charge in [0.2, 0.25) is 5.91 Å². The van der Waals surface area contributed by atoms with Crippen molar-refractivity contribution in [1.82, 2.24) is 14.7 Å². The molecule has 1 atom stereocenters. The highest BCUT2D eigenvalue weighted by Gasteiger charge is 2.33. The number of amides is 1. The van der Waals surface area contributed by atoms with E-state index in [4.69, 9.17) is 0 Å². The summed E-state index contributed by atoms with van der Waals surface area (Å²) in [7, 11) is 3.88. The maximum absolute atomic E-state index is 13.1. The van der Waals surface area contributed by atoms with Crippen molar-refractivity contribution in [2.24, 2.45) is 0 Å². The van der Waals surface area contributed by atoms with E-state index in [0.717, 1.165) is 31.7 Å². The van der Waals surface area contributed by atoms with Crippen molar-refractivity contribution < 1.29 is 9.90 Å². The summed E-state index contributed by atoms with van der Waals surface area (Å²) in [5.41, 5.74) is 0.123. The van der Waals surface area contributed by atoms with Gasteiger partial charge < -0.3 is 14.9 Å². The number of piperazine rings is 1. The van der Waals surface area contributed by atoms with Crippen LogP contribution in [0.2, 0.25) is 0 Å². The zero-order valence-electron chi connectivity index (χ0n) is 14.7. The van der Waals surface area contributed by atoms with Crippen LogP contribution in [0.3, 0.4) is 0 Å². The van der Waals surface area contributed by atoms with E-state index < -0.39 is 5.60 Å². The van der Waals surface area contributed by atoms with Gasteiger partial charge in [0.1, 0.15) is 6.04 Å². The first-order chi connectivity index (χ1) is 10.8. The lowest BCUT2D eigenvalue weighted by Crippen LogP contribution is -2.51. The molecule has 2 rings (SSSR count). The number of rotatable bonds is 5. The zero-order chi connectivity index (χ0) is 17.0. The molecule has 0 aliphatic carbocycles. The number of hydrogen-bond donors (Lipinski definition) is 1. The molecule has 0 saturated carbocycles. The summed E-state index contributed by atoms with van der Waals surface area (Å²) in [5, 5.41) is 10.0. The zero-order valence-corrected chi connectivity index (χ0v) is 14.7. The Morgan fingerprint density at radius 3 is 2.30 bits per heavy atom. The van der Waals surface area contributed by atoms with Gasteiger partial charge in [-0.15, -0.1) is 0 Å². The summed E-state index contributed by atoms with van der Waals surface area (Å²) >= 11 is 0. The van der Waals surface area contributed by atoms with Gasteiger partial charge in [-0.25, -0.2) is 0 Å². The van der Waals surface area contributed by atoms with E-state index in [-0.39, 0.29) is 11.9 Å². The SMILES string of the molecule is CN1CCN(C(C(=O)N(C)CC(C)(C)O)c2ccccc2)CC1. The largest absolute Gasteiger partial charge is 0.389 e. The van der Waals surface area contributed by atoms with Crippen LogP contribution in [0, 0.1) is 0 Å². The van der Waals surface area contributed by atoms with Crippen LogP contribution in [0.15, 0.2) is 30.3 Å². The average molecular weight is 319 g/mol. The van der Waals surface area contributed by atoms with Gasteiger partial charge >= 0.3 is 0 Å². The van der Waals surface area contributed by atoms with E-state index in [2.05, 4.69) is 16.8 Å². The fourth-order valence-corrected chi connectivity index (χ4v) is 3.09. The minimum Gasteiger partial charge on any atom is -0.389 e. The molecule has 0 bridgehead atoms. The molecule has 1 N–H and O–H groups in total. The Kier molecular flexibility index (Phi) is 5.79. The Balaban J connectivity index is 2.21. The highest BCUT2D eigenvalue weighted by atomic mass is 16.3. The summed E-state index contributed by atoms with van der Waals surface area (Å²) < 4.78 is 0. The molecule has 1 saturated heterocycles. The Morgan fingerprint density at radius 1 is 1.22 bits per heavy atom. The van der Waals surface area contributed by atoms with Gasteiger partial charge in [-0.1, -0.05) is 30.3 Å². The highest BCUT2D eigenvalue weighted by molar-refractivity contribution is 5.83. The number of benzene rings is 1. The van der Waals surface area contributed by atoms with Gasteiger partial charge in [0, 0.05) is 39.8 Å². The first-order valence-electron chi connectivity index (χ1n) is 8.23. The summed E-state index contributed by atoms with van der Waals surface area (Å²) in [5.74, 6) is 0.0443. The van der Waals surface area contributed by atoms with Gasteiger partial charge in [-0.05, 0) is 26.5 Å². The van der Waals surface area contributed by atoms with E-state index in [9.17, 15) is 9.90 Å². The summed E-state index contributed by atoms with van der Waals surface area (Å²) in [6.45, 7) is 7.45. The smallest absolute Gasteiger partial charge is 0.244 e. The lowest BCUT2D eigenvalue weighted by Gasteiger charge is -2.39. The van der Waals surface area contributed by atoms with Crippen molar-refractivity contribution in [1.29, 1.82) is 0 Å². The third-order valence-corrected chi connectivity index (χ3v) is 4.25. The Labute approximate surface area is 139 Å². The first kappa shape index (κ1) is 17.9. The molecule has 1 aliphatic rings. The van der Waals surface area contributed by atoms with Crippen molar-refractivity contribution in [2.45, 2.75) is 25.5 Å². The van der Waals surface area contributed by atoms with E-state index in [1.54, 1.807) is 25.8 Å². The summed E-state index contributed by atoms with van der Waals surface area (Å²) in [4.78, 5) is 19.2. The molecule has 0 aromatic heterocycles. The molecule has 5 nitrogen and oxygen atoms in total. The van der Waals surface area contributed by atoms with Crippen LogP contribution < -0.4 is 0 Å². The Bertz CT molecular complexity index is 505. The molecule has 0 spiro atoms. The van der Waals surface area contributed by atoms with Gasteiger partial charge in [0.25, 0.3) is 0 Å². The maximum Gasteiger partial charge on any atom is 0.244 e. The van der Waals surface area contributed by atoms with Crippen LogP contribution in [-0.4, -0.2) is 78.1 Å². The number of hydrogen-bond acceptors (Lipinski definition) is 4. The molecule has 1 unspecified atom stereocenters. The second kappa shape index (κ2) is 7.43. The highest BCUT2D eigenvalue weighted by Crippen LogP contribution is 2.24. The predicted octanol–water partition coefficient (Wildman–Crippen LogP) is 1.20. The summed E-state index contributed by atoms with van der Waals surface area (Å²) in [6.07, 6.45) is 0. The van der Waals surface area contributed by atoms with Gasteiger partial charge in [-0.3, -0.25) is 9.69 Å². The van der Waals surface area contributed by atoms with Crippen LogP contribution >= 0.6 is 0 Å². The van der Waals surface area contributed by atoms with Crippen molar-refractivity contribution >= 4 is 5.91 Å². The standard InChI is InChI=1S/C18H29N3O2/c1-18(2,23)14-20(4)17(22)16(15-8-6-5-7-9-15)21-12-10-19(3)11-13-21/h5-9,16,23H,10-14H2,1-4H3. The van der Waals surface area contributed by atoms with E-state index in [1.165, 1.54) is 0 Å². The second-order valence-electron chi connectivity index (χ2n) is 7.16. The summed E-state index contributed by atoms with van der Waals surface area (Å²) in [6, 6.07) is 9.66. The third kappa shape index (κ3) is 5.03. The molecule has 1 aliphatic heterocycles. The van der Waals surface area contributed by atoms with Crippen LogP contribution in [0.4, 0.5) is 0 Å². The number of carbonyl (C=O) groups excluding carboxylic acids is 1. The molecule has 1 aromatic carbocycles. The molecule has 5 heteroatoms. The molecular formula is C18H29N3O2. The predicted molar refractivity (Wildman–Crippen MR) is 92.2 cm³/mol. The lowest BCUT2D eigenvalue weighted by atomic mass is 10.0. The van der Waals surface area contributed by atoms with E-state index >= 15 is 0 Å². The lowest BCUT2D eigenvalue weighted by molar-refractivity contribution is -0.139. The fraction of sp³-hybridized carbons (Fsp3) is 0.611. The third-order valence-electron chi connectivity index (χ3n) is 4.25. The Hall–Kier alpha value is -1.43. The van der Waals surface area contributed by atoms with Crippen LogP contribution in [0.1, 0.15) is 25.5 Å². The average Bonchev–Trinajstić information content (AvgIpc) is 2.49. The van der Waals surface area contributed by atoms with E-state index in [1.807, 2.05) is 30.3 Å². The number of nitrogens with zero attached hydrogens (tertiary/aromatic N) is 3. The molecule has 1 amide bonds. The van der Waals surface area contributed by atoms with Gasteiger partial charge in [-0.2, -0.15) is 0 Å². The molecule has 1 heterocycles. The van der Waals surface area contributed by atoms with Crippen LogP contribution in [0.25, 0.3) is 0 Å². The molecule has 128 valence electrons. The Morgan fingerprint density at radius 2 is 1.78 bits per heavy atom. The van der Waals surface area contributed by atoms with Crippen LogP contribution in [-0.2, 0) is 4.79 Å². The monoisotopic (exact) mass is 319 g/mol. The molecule has 1 fully saturated rings. The fourth-order valence-electron chi connectivity index (χ4n) is 3.09. The minimum absolute atomic E-state index is 0.0443. The van der Waals surface area contributed by atoms with Crippen molar-refractivity contribution in [3.8, 4) is 0 Å². The number of aliphatic hydroxyl groups is 1. The van der Waals surface area contributed by atoms with Crippen molar-refractivity contribution in [3.05, 3.63) is 35.9 Å². The molecular weight excluding hydrogens is 290 g/mol. The number of likely N-dealkylation sites (N-methyl/N-ethyl adjacent to an activating group) is 2. The van der Waals surface area contributed by atoms with Gasteiger partial charge in [0.15, 0.2) is 0 Å². The van der Waals surface area contributed by atoms with Crippen LogP contribution in [0.5, 0.6) is 0 Å². The van der Waals surface area contributed by atoms with Crippen molar-refractivity contribution in [3.63, 3.8) is 0 Å². The topological polar surface area (TPSA) is 47.0 Å². The second-order valence-corrected chi connectivity index (χ2v) is 7.16. The normalized spacial score (nSPS) is 18.7. The minimum atomic E-state index is -0.895. The maximum atomic E-state index is 13.1. The molecule has 23 heavy (non-hydrogen) atoms. The first-order valence-corrected chi connectivity index (χ1v) is 8.23. The van der Waals surface area contributed by atoms with Crippen molar-refractivity contribution in [2.75, 3.05) is 46.8 Å². The molecule has 0 radical (unpaired) electrons. The van der Waals surface area contributed by atoms with Gasteiger partial charge in [0.05, 0.1) is 5.60 Å². The van der Waals surface area contributed by atoms with E-state index in [0.29, 0.717) is 6.54 Å². The number of carbonyl (C=O) groups is 1.